The van der Waals surface area contributed by atoms with Crippen LogP contribution in [0.2, 0.25) is 0 Å². The third-order valence-corrected chi connectivity index (χ3v) is 5.00. The molecule has 3 aromatic carbocycles. The Balaban J connectivity index is 1.81. The van der Waals surface area contributed by atoms with E-state index >= 15 is 0 Å². The van der Waals surface area contributed by atoms with Gasteiger partial charge in [0.1, 0.15) is 11.4 Å². The van der Waals surface area contributed by atoms with Crippen LogP contribution in [0.15, 0.2) is 77.7 Å². The van der Waals surface area contributed by atoms with E-state index in [9.17, 15) is 23.9 Å². The highest BCUT2D eigenvalue weighted by Crippen LogP contribution is 2.29. The Labute approximate surface area is 176 Å². The number of carbonyl (C=O) groups is 2. The maximum Gasteiger partial charge on any atom is 0.341 e. The third kappa shape index (κ3) is 3.69. The number of hydrogen-bond acceptors (Lipinski definition) is 3. The quantitative estimate of drug-likeness (QED) is 0.498. The highest BCUT2D eigenvalue weighted by atomic mass is 19.1. The molecule has 0 radical (unpaired) electrons. The first kappa shape index (κ1) is 20.0. The number of halogens is 1. The number of aryl methyl sites for hydroxylation is 1. The number of amides is 1. The SMILES string of the molecule is Cc1cc(-c2ccccc2NC(=O)n2cc(C(=O)O)c(=O)c3ccccc32)ccc1F. The third-order valence-electron chi connectivity index (χ3n) is 5.00. The van der Waals surface area contributed by atoms with Gasteiger partial charge in [0.25, 0.3) is 0 Å². The Morgan fingerprint density at radius 1 is 1.00 bits per heavy atom. The van der Waals surface area contributed by atoms with Gasteiger partial charge >= 0.3 is 12.0 Å². The second-order valence-corrected chi connectivity index (χ2v) is 7.00. The number of aromatic carboxylic acids is 1. The Morgan fingerprint density at radius 3 is 2.45 bits per heavy atom. The molecule has 4 rings (SSSR count). The predicted molar refractivity (Wildman–Crippen MR) is 116 cm³/mol. The van der Waals surface area contributed by atoms with Gasteiger partial charge in [-0.05, 0) is 48.4 Å². The van der Waals surface area contributed by atoms with Crippen molar-refractivity contribution >= 4 is 28.6 Å². The summed E-state index contributed by atoms with van der Waals surface area (Å²) >= 11 is 0. The number of pyridine rings is 1. The number of rotatable bonds is 3. The van der Waals surface area contributed by atoms with Crippen LogP contribution in [0.25, 0.3) is 22.0 Å². The van der Waals surface area contributed by atoms with Gasteiger partial charge in [-0.1, -0.05) is 36.4 Å². The average Bonchev–Trinajstić information content (AvgIpc) is 2.76. The fourth-order valence-corrected chi connectivity index (χ4v) is 3.43. The van der Waals surface area contributed by atoms with Gasteiger partial charge in [0.05, 0.1) is 11.2 Å². The summed E-state index contributed by atoms with van der Waals surface area (Å²) in [4.78, 5) is 37.1. The van der Waals surface area contributed by atoms with Crippen molar-refractivity contribution in [2.45, 2.75) is 6.92 Å². The molecule has 154 valence electrons. The fourth-order valence-electron chi connectivity index (χ4n) is 3.43. The molecule has 7 heteroatoms. The molecule has 0 atom stereocenters. The lowest BCUT2D eigenvalue weighted by atomic mass is 10.0. The molecule has 1 aromatic heterocycles. The maximum atomic E-state index is 13.7. The van der Waals surface area contributed by atoms with Crippen LogP contribution in [-0.4, -0.2) is 21.7 Å². The summed E-state index contributed by atoms with van der Waals surface area (Å²) in [6.45, 7) is 1.65. The molecule has 0 aliphatic carbocycles. The van der Waals surface area contributed by atoms with Gasteiger partial charge in [-0.25, -0.2) is 14.0 Å². The molecule has 1 amide bonds. The van der Waals surface area contributed by atoms with Crippen molar-refractivity contribution < 1.29 is 19.1 Å². The lowest BCUT2D eigenvalue weighted by Crippen LogP contribution is -2.25. The van der Waals surface area contributed by atoms with Crippen molar-refractivity contribution in [1.29, 1.82) is 0 Å². The number of para-hydroxylation sites is 2. The summed E-state index contributed by atoms with van der Waals surface area (Å²) < 4.78 is 14.8. The zero-order chi connectivity index (χ0) is 22.1. The minimum atomic E-state index is -1.42. The second kappa shape index (κ2) is 7.87. The van der Waals surface area contributed by atoms with E-state index in [2.05, 4.69) is 5.32 Å². The van der Waals surface area contributed by atoms with Crippen molar-refractivity contribution in [3.8, 4) is 11.1 Å². The van der Waals surface area contributed by atoms with Crippen LogP contribution in [0.5, 0.6) is 0 Å². The maximum absolute atomic E-state index is 13.7. The number of benzene rings is 3. The number of fused-ring (bicyclic) bond motifs is 1. The minimum Gasteiger partial charge on any atom is -0.477 e. The van der Waals surface area contributed by atoms with Gasteiger partial charge in [0.2, 0.25) is 5.43 Å². The van der Waals surface area contributed by atoms with E-state index in [1.807, 2.05) is 0 Å². The molecule has 0 aliphatic heterocycles. The van der Waals surface area contributed by atoms with E-state index in [1.165, 1.54) is 12.1 Å². The van der Waals surface area contributed by atoms with Crippen LogP contribution in [0.1, 0.15) is 15.9 Å². The van der Waals surface area contributed by atoms with Gasteiger partial charge in [-0.2, -0.15) is 0 Å². The van der Waals surface area contributed by atoms with Crippen molar-refractivity contribution in [2.24, 2.45) is 0 Å². The van der Waals surface area contributed by atoms with Crippen LogP contribution < -0.4 is 10.7 Å². The summed E-state index contributed by atoms with van der Waals surface area (Å²) in [6.07, 6.45) is 1.02. The Morgan fingerprint density at radius 2 is 1.71 bits per heavy atom. The lowest BCUT2D eigenvalue weighted by molar-refractivity contribution is 0.0695. The zero-order valence-electron chi connectivity index (χ0n) is 16.4. The van der Waals surface area contributed by atoms with Crippen LogP contribution in [-0.2, 0) is 0 Å². The molecule has 0 aliphatic rings. The Bertz CT molecular complexity index is 1410. The zero-order valence-corrected chi connectivity index (χ0v) is 16.4. The van der Waals surface area contributed by atoms with E-state index in [4.69, 9.17) is 0 Å². The summed E-state index contributed by atoms with van der Waals surface area (Å²) in [5.41, 5.74) is 1.43. The van der Waals surface area contributed by atoms with Crippen molar-refractivity contribution in [1.82, 2.24) is 4.57 Å². The molecule has 0 saturated carbocycles. The van der Waals surface area contributed by atoms with Gasteiger partial charge in [0.15, 0.2) is 0 Å². The standard InChI is InChI=1S/C24H17FN2O4/c1-14-12-15(10-11-19(14)25)16-6-2-4-8-20(16)26-24(31)27-13-18(23(29)30)22(28)17-7-3-5-9-21(17)27/h2-13H,1H3,(H,26,31)(H,29,30). The smallest absolute Gasteiger partial charge is 0.341 e. The summed E-state index contributed by atoms with van der Waals surface area (Å²) in [7, 11) is 0. The van der Waals surface area contributed by atoms with E-state index in [-0.39, 0.29) is 16.7 Å². The number of hydrogen-bond donors (Lipinski definition) is 2. The number of carboxylic acids is 1. The Hall–Kier alpha value is -4.26. The number of carbonyl (C=O) groups excluding carboxylic acids is 1. The van der Waals surface area contributed by atoms with Crippen LogP contribution in [0.3, 0.4) is 0 Å². The summed E-state index contributed by atoms with van der Waals surface area (Å²) in [5.74, 6) is -1.74. The molecule has 0 saturated heterocycles. The molecule has 0 fully saturated rings. The summed E-state index contributed by atoms with van der Waals surface area (Å²) in [5, 5.41) is 12.3. The topological polar surface area (TPSA) is 88.4 Å². The van der Waals surface area contributed by atoms with Crippen molar-refractivity contribution in [3.05, 3.63) is 100 Å². The van der Waals surface area contributed by atoms with Crippen LogP contribution >= 0.6 is 0 Å². The minimum absolute atomic E-state index is 0.125. The van der Waals surface area contributed by atoms with Crippen LogP contribution in [0, 0.1) is 12.7 Å². The van der Waals surface area contributed by atoms with Gasteiger partial charge in [-0.3, -0.25) is 9.36 Å². The Kier molecular flexibility index (Phi) is 5.09. The second-order valence-electron chi connectivity index (χ2n) is 7.00. The highest BCUT2D eigenvalue weighted by Gasteiger charge is 2.18. The normalized spacial score (nSPS) is 10.8. The number of aromatic nitrogens is 1. The molecule has 0 bridgehead atoms. The van der Waals surface area contributed by atoms with Gasteiger partial charge < -0.3 is 10.4 Å². The molecule has 1 heterocycles. The van der Waals surface area contributed by atoms with E-state index in [1.54, 1.807) is 61.5 Å². The molecule has 6 nitrogen and oxygen atoms in total. The number of nitrogens with zero attached hydrogens (tertiary/aromatic N) is 1. The van der Waals surface area contributed by atoms with Gasteiger partial charge in [-0.15, -0.1) is 0 Å². The molecule has 4 aromatic rings. The van der Waals surface area contributed by atoms with E-state index < -0.39 is 23.0 Å². The number of nitrogens with one attached hydrogen (secondary N) is 1. The fraction of sp³-hybridized carbons (Fsp3) is 0.0417. The summed E-state index contributed by atoms with van der Waals surface area (Å²) in [6, 6.07) is 17.3. The van der Waals surface area contributed by atoms with Crippen molar-refractivity contribution in [2.75, 3.05) is 5.32 Å². The molecule has 0 spiro atoms. The number of anilines is 1. The van der Waals surface area contributed by atoms with E-state index in [0.717, 1.165) is 10.8 Å². The largest absolute Gasteiger partial charge is 0.477 e. The molecule has 31 heavy (non-hydrogen) atoms. The molecular formula is C24H17FN2O4. The lowest BCUT2D eigenvalue weighted by Gasteiger charge is -2.15. The van der Waals surface area contributed by atoms with E-state index in [0.29, 0.717) is 22.4 Å². The number of carboxylic acid groups (broad SMARTS) is 1. The van der Waals surface area contributed by atoms with Crippen LogP contribution in [0.4, 0.5) is 14.9 Å². The molecule has 0 unspecified atom stereocenters. The molecular weight excluding hydrogens is 399 g/mol. The average molecular weight is 416 g/mol. The highest BCUT2D eigenvalue weighted by molar-refractivity contribution is 6.02. The first-order chi connectivity index (χ1) is 14.9. The van der Waals surface area contributed by atoms with Crippen molar-refractivity contribution in [3.63, 3.8) is 0 Å². The first-order valence-electron chi connectivity index (χ1n) is 9.41. The first-order valence-corrected chi connectivity index (χ1v) is 9.41. The van der Waals surface area contributed by atoms with Gasteiger partial charge in [0, 0.05) is 17.1 Å². The monoisotopic (exact) mass is 416 g/mol. The predicted octanol–water partition coefficient (Wildman–Crippen LogP) is 4.89. The molecule has 2 N–H and O–H groups in total.